The number of hydrogen-bond donors (Lipinski definition) is 1. The third-order valence-electron chi connectivity index (χ3n) is 5.01. The molecule has 0 saturated carbocycles. The molecular weight excluding hydrogens is 394 g/mol. The zero-order valence-electron chi connectivity index (χ0n) is 16.7. The first-order valence-electron chi connectivity index (χ1n) is 9.45. The fraction of sp³-hybridized carbons (Fsp3) is 0.364. The number of halogens is 1. The summed E-state index contributed by atoms with van der Waals surface area (Å²) in [5, 5.41) is 3.21. The van der Waals surface area contributed by atoms with Crippen LogP contribution in [0.2, 0.25) is 5.02 Å². The van der Waals surface area contributed by atoms with Crippen LogP contribution in [0.1, 0.15) is 47.3 Å². The van der Waals surface area contributed by atoms with Gasteiger partial charge >= 0.3 is 5.97 Å². The molecule has 2 atom stereocenters. The van der Waals surface area contributed by atoms with Gasteiger partial charge in [-0.05, 0) is 49.4 Å². The first-order valence-corrected chi connectivity index (χ1v) is 9.83. The number of fused-ring (bicyclic) bond motifs is 1. The van der Waals surface area contributed by atoms with Crippen molar-refractivity contribution in [3.63, 3.8) is 0 Å². The van der Waals surface area contributed by atoms with Crippen molar-refractivity contribution in [3.8, 4) is 11.5 Å². The van der Waals surface area contributed by atoms with Gasteiger partial charge in [0.1, 0.15) is 0 Å². The van der Waals surface area contributed by atoms with Crippen LogP contribution >= 0.6 is 11.6 Å². The molecule has 0 aromatic heterocycles. The summed E-state index contributed by atoms with van der Waals surface area (Å²) in [6, 6.07) is 10.9. The van der Waals surface area contributed by atoms with Crippen molar-refractivity contribution in [3.05, 3.63) is 58.1 Å². The monoisotopic (exact) mass is 417 g/mol. The van der Waals surface area contributed by atoms with Crippen LogP contribution in [-0.2, 0) is 16.0 Å². The van der Waals surface area contributed by atoms with Crippen LogP contribution in [-0.4, -0.2) is 32.2 Å². The molecule has 0 spiro atoms. The molecule has 0 radical (unpaired) electrons. The lowest BCUT2D eigenvalue weighted by atomic mass is 9.87. The molecule has 1 N–H and O–H groups in total. The predicted octanol–water partition coefficient (Wildman–Crippen LogP) is 4.10. The summed E-state index contributed by atoms with van der Waals surface area (Å²) >= 11 is 6.14. The largest absolute Gasteiger partial charge is 0.493 e. The highest BCUT2D eigenvalue weighted by atomic mass is 35.5. The minimum Gasteiger partial charge on any atom is -0.493 e. The molecule has 6 nitrogen and oxygen atoms in total. The van der Waals surface area contributed by atoms with Gasteiger partial charge in [-0.1, -0.05) is 35.9 Å². The van der Waals surface area contributed by atoms with Crippen molar-refractivity contribution in [1.82, 2.24) is 5.32 Å². The summed E-state index contributed by atoms with van der Waals surface area (Å²) in [6.45, 7) is 1.55. The molecule has 1 aliphatic rings. The summed E-state index contributed by atoms with van der Waals surface area (Å²) in [4.78, 5) is 25.1. The molecule has 1 aliphatic carbocycles. The van der Waals surface area contributed by atoms with E-state index in [9.17, 15) is 9.59 Å². The van der Waals surface area contributed by atoms with E-state index in [0.29, 0.717) is 11.5 Å². The number of ether oxygens (including phenoxy) is 3. The summed E-state index contributed by atoms with van der Waals surface area (Å²) in [7, 11) is 2.90. The lowest BCUT2D eigenvalue weighted by Gasteiger charge is -2.27. The van der Waals surface area contributed by atoms with E-state index >= 15 is 0 Å². The summed E-state index contributed by atoms with van der Waals surface area (Å²) in [5.41, 5.74) is 2.54. The van der Waals surface area contributed by atoms with Gasteiger partial charge in [-0.15, -0.1) is 0 Å². The molecule has 154 valence electrons. The molecule has 2 aromatic rings. The van der Waals surface area contributed by atoms with Crippen molar-refractivity contribution in [2.45, 2.75) is 38.3 Å². The number of rotatable bonds is 6. The van der Waals surface area contributed by atoms with E-state index in [1.807, 2.05) is 18.2 Å². The SMILES string of the molecule is COc1cc(C(=O)OC(C)C(=O)NC2CCCc3ccccc32)cc(Cl)c1OC. The van der Waals surface area contributed by atoms with Gasteiger partial charge in [0.2, 0.25) is 0 Å². The number of nitrogens with one attached hydrogen (secondary N) is 1. The number of carbonyl (C=O) groups excluding carboxylic acids is 2. The lowest BCUT2D eigenvalue weighted by molar-refractivity contribution is -0.130. The average molecular weight is 418 g/mol. The highest BCUT2D eigenvalue weighted by Gasteiger charge is 2.26. The maximum absolute atomic E-state index is 12.6. The van der Waals surface area contributed by atoms with Crippen molar-refractivity contribution >= 4 is 23.5 Å². The number of carbonyl (C=O) groups is 2. The van der Waals surface area contributed by atoms with Crippen LogP contribution in [0.25, 0.3) is 0 Å². The van der Waals surface area contributed by atoms with Crippen molar-refractivity contribution < 1.29 is 23.8 Å². The minimum atomic E-state index is -0.955. The Bertz CT molecular complexity index is 914. The van der Waals surface area contributed by atoms with Gasteiger partial charge in [-0.25, -0.2) is 4.79 Å². The third-order valence-corrected chi connectivity index (χ3v) is 5.29. The third kappa shape index (κ3) is 4.65. The molecule has 1 amide bonds. The van der Waals surface area contributed by atoms with Crippen LogP contribution in [0.15, 0.2) is 36.4 Å². The number of hydrogen-bond acceptors (Lipinski definition) is 5. The Hall–Kier alpha value is -2.73. The Morgan fingerprint density at radius 1 is 1.17 bits per heavy atom. The van der Waals surface area contributed by atoms with E-state index in [2.05, 4.69) is 11.4 Å². The van der Waals surface area contributed by atoms with Gasteiger partial charge in [0.15, 0.2) is 17.6 Å². The Kier molecular flexibility index (Phi) is 6.64. The molecule has 0 heterocycles. The molecule has 2 aromatic carbocycles. The van der Waals surface area contributed by atoms with Gasteiger partial charge in [0.25, 0.3) is 5.91 Å². The van der Waals surface area contributed by atoms with Crippen molar-refractivity contribution in [1.29, 1.82) is 0 Å². The maximum Gasteiger partial charge on any atom is 0.339 e. The normalized spacial score (nSPS) is 16.3. The Morgan fingerprint density at radius 3 is 2.66 bits per heavy atom. The Labute approximate surface area is 175 Å². The standard InChI is InChI=1S/C22H24ClNO5/c1-13(21(25)24-18-10-6-8-14-7-4-5-9-16(14)18)29-22(26)15-11-17(23)20(28-3)19(12-15)27-2/h4-5,7,9,11-13,18H,6,8,10H2,1-3H3,(H,24,25). The van der Waals surface area contributed by atoms with Crippen LogP contribution in [0.5, 0.6) is 11.5 Å². The fourth-order valence-electron chi connectivity index (χ4n) is 3.51. The summed E-state index contributed by atoms with van der Waals surface area (Å²) in [5.74, 6) is -0.374. The van der Waals surface area contributed by atoms with E-state index in [1.54, 1.807) is 6.92 Å². The van der Waals surface area contributed by atoms with Crippen molar-refractivity contribution in [2.75, 3.05) is 14.2 Å². The number of aryl methyl sites for hydroxylation is 1. The molecule has 0 saturated heterocycles. The zero-order chi connectivity index (χ0) is 21.0. The van der Waals surface area contributed by atoms with E-state index < -0.39 is 12.1 Å². The molecule has 0 fully saturated rings. The first kappa shape index (κ1) is 21.0. The topological polar surface area (TPSA) is 73.9 Å². The molecular formula is C22H24ClNO5. The molecule has 7 heteroatoms. The van der Waals surface area contributed by atoms with Crippen LogP contribution < -0.4 is 14.8 Å². The highest BCUT2D eigenvalue weighted by Crippen LogP contribution is 2.36. The van der Waals surface area contributed by atoms with Crippen LogP contribution in [0.4, 0.5) is 0 Å². The van der Waals surface area contributed by atoms with E-state index in [-0.39, 0.29) is 22.5 Å². The van der Waals surface area contributed by atoms with Crippen molar-refractivity contribution in [2.24, 2.45) is 0 Å². The summed E-state index contributed by atoms with van der Waals surface area (Å²) in [6.07, 6.45) is 1.91. The minimum absolute atomic E-state index is 0.0795. The van der Waals surface area contributed by atoms with Crippen LogP contribution in [0.3, 0.4) is 0 Å². The number of methoxy groups -OCH3 is 2. The lowest BCUT2D eigenvalue weighted by Crippen LogP contribution is -2.39. The quantitative estimate of drug-likeness (QED) is 0.716. The average Bonchev–Trinajstić information content (AvgIpc) is 2.73. The Balaban J connectivity index is 1.67. The Morgan fingerprint density at radius 2 is 1.93 bits per heavy atom. The predicted molar refractivity (Wildman–Crippen MR) is 110 cm³/mol. The van der Waals surface area contributed by atoms with Gasteiger partial charge in [0.05, 0.1) is 30.8 Å². The van der Waals surface area contributed by atoms with Gasteiger partial charge in [-0.3, -0.25) is 4.79 Å². The molecule has 3 rings (SSSR count). The van der Waals surface area contributed by atoms with Gasteiger partial charge in [0, 0.05) is 0 Å². The number of amides is 1. The van der Waals surface area contributed by atoms with Gasteiger partial charge < -0.3 is 19.5 Å². The molecule has 2 unspecified atom stereocenters. The first-order chi connectivity index (χ1) is 13.9. The molecule has 0 bridgehead atoms. The molecule has 0 aliphatic heterocycles. The van der Waals surface area contributed by atoms with E-state index in [4.69, 9.17) is 25.8 Å². The number of benzene rings is 2. The second-order valence-corrected chi connectivity index (χ2v) is 7.30. The second kappa shape index (κ2) is 9.18. The zero-order valence-corrected chi connectivity index (χ0v) is 17.4. The second-order valence-electron chi connectivity index (χ2n) is 6.89. The smallest absolute Gasteiger partial charge is 0.339 e. The highest BCUT2D eigenvalue weighted by molar-refractivity contribution is 6.32. The van der Waals surface area contributed by atoms with E-state index in [0.717, 1.165) is 24.8 Å². The number of esters is 1. The van der Waals surface area contributed by atoms with E-state index in [1.165, 1.54) is 31.9 Å². The maximum atomic E-state index is 12.6. The van der Waals surface area contributed by atoms with Crippen LogP contribution in [0, 0.1) is 0 Å². The van der Waals surface area contributed by atoms with Gasteiger partial charge in [-0.2, -0.15) is 0 Å². The summed E-state index contributed by atoms with van der Waals surface area (Å²) < 4.78 is 15.7. The molecule has 29 heavy (non-hydrogen) atoms. The fourth-order valence-corrected chi connectivity index (χ4v) is 3.80.